The van der Waals surface area contributed by atoms with Crippen LogP contribution in [-0.4, -0.2) is 85.8 Å². The normalized spacial score (nSPS) is 20.6. The van der Waals surface area contributed by atoms with Gasteiger partial charge in [-0.15, -0.1) is 0 Å². The average Bonchev–Trinajstić information content (AvgIpc) is 3.88. The summed E-state index contributed by atoms with van der Waals surface area (Å²) in [5.74, 6) is -2.33. The van der Waals surface area contributed by atoms with Crippen molar-refractivity contribution in [2.75, 3.05) is 49.2 Å². The average molecular weight is 689 g/mol. The second-order valence-electron chi connectivity index (χ2n) is 12.5. The summed E-state index contributed by atoms with van der Waals surface area (Å²) in [5.41, 5.74) is 2.64. The Morgan fingerprint density at radius 3 is 2.20 bits per heavy atom. The number of halogens is 2. The number of piperazine rings is 1. The highest BCUT2D eigenvalue weighted by Gasteiger charge is 2.46. The zero-order valence-electron chi connectivity index (χ0n) is 27.7. The fourth-order valence-electron chi connectivity index (χ4n) is 6.25. The Bertz CT molecular complexity index is 1940. The lowest BCUT2D eigenvalue weighted by Gasteiger charge is -2.37. The van der Waals surface area contributed by atoms with Crippen LogP contribution in [0.15, 0.2) is 90.5 Å². The Labute approximate surface area is 286 Å². The Hall–Kier alpha value is -5.12. The molecule has 0 amide bonds. The smallest absolute Gasteiger partial charge is 0.350 e. The molecule has 262 valence electrons. The molecule has 7 rings (SSSR count). The molecule has 0 aliphatic carbocycles. The van der Waals surface area contributed by atoms with Gasteiger partial charge in [0.15, 0.2) is 0 Å². The minimum Gasteiger partial charge on any atom is -0.491 e. The second kappa shape index (κ2) is 14.0. The molecule has 0 spiro atoms. The molecule has 4 atom stereocenters. The summed E-state index contributed by atoms with van der Waals surface area (Å²) in [4.78, 5) is 21.4. The van der Waals surface area contributed by atoms with Crippen LogP contribution in [0, 0.1) is 11.6 Å². The van der Waals surface area contributed by atoms with Gasteiger partial charge in [0, 0.05) is 49.2 Å². The van der Waals surface area contributed by atoms with Crippen molar-refractivity contribution in [3.63, 3.8) is 0 Å². The van der Waals surface area contributed by atoms with Crippen molar-refractivity contribution in [1.29, 1.82) is 0 Å². The van der Waals surface area contributed by atoms with Crippen molar-refractivity contribution in [3.8, 4) is 11.4 Å². The van der Waals surface area contributed by atoms with Gasteiger partial charge in [0.05, 0.1) is 24.4 Å². The number of aliphatic hydroxyl groups excluding tert-OH is 1. The number of rotatable bonds is 11. The monoisotopic (exact) mass is 688 g/mol. The van der Waals surface area contributed by atoms with Crippen LogP contribution in [0.4, 0.5) is 20.2 Å². The number of hydrogen-bond donors (Lipinski definition) is 1. The molecule has 2 aromatic heterocycles. The Morgan fingerprint density at radius 2 is 1.58 bits per heavy atom. The lowest BCUT2D eigenvalue weighted by atomic mass is 10.0. The number of hydrogen-bond acceptors (Lipinski definition) is 10. The zero-order chi connectivity index (χ0) is 34.8. The van der Waals surface area contributed by atoms with E-state index in [0.29, 0.717) is 11.4 Å². The summed E-state index contributed by atoms with van der Waals surface area (Å²) in [6.07, 6.45) is 3.11. The molecule has 5 aromatic rings. The quantitative estimate of drug-likeness (QED) is 0.221. The standard InChI is InChI=1S/C35H38F2N8O5/c1-24(25(2)46)45-34(47)44(23-40-45)29-6-4-27(5-7-29)41-13-15-42(16-14-41)28-8-10-30(11-9-28)48-18-31-19-49-35(50-31,20-43-22-38-21-39-43)32-12-3-26(36)17-33(32)37/h3-12,17,21-25,31,46H,13-16,18-20H2,1-2H3/t24-,25-,31+,35+/m0/s1. The van der Waals surface area contributed by atoms with Gasteiger partial charge >= 0.3 is 5.69 Å². The van der Waals surface area contributed by atoms with Crippen molar-refractivity contribution in [1.82, 2.24) is 29.1 Å². The molecule has 2 saturated heterocycles. The van der Waals surface area contributed by atoms with Crippen molar-refractivity contribution in [3.05, 3.63) is 113 Å². The van der Waals surface area contributed by atoms with Gasteiger partial charge in [-0.05, 0) is 74.5 Å². The molecule has 0 saturated carbocycles. The molecule has 2 fully saturated rings. The van der Waals surface area contributed by atoms with Gasteiger partial charge in [-0.25, -0.2) is 32.5 Å². The van der Waals surface area contributed by atoms with Gasteiger partial charge in [-0.1, -0.05) is 0 Å². The number of anilines is 2. The summed E-state index contributed by atoms with van der Waals surface area (Å²) >= 11 is 0. The van der Waals surface area contributed by atoms with E-state index in [0.717, 1.165) is 43.6 Å². The molecule has 2 aliphatic rings. The molecule has 0 bridgehead atoms. The Balaban J connectivity index is 0.924. The third-order valence-corrected chi connectivity index (χ3v) is 9.23. The topological polar surface area (TPSA) is 125 Å². The molecular formula is C35H38F2N8O5. The predicted octanol–water partition coefficient (Wildman–Crippen LogP) is 3.52. The van der Waals surface area contributed by atoms with E-state index in [1.165, 1.54) is 45.0 Å². The first-order valence-electron chi connectivity index (χ1n) is 16.5. The van der Waals surface area contributed by atoms with Crippen molar-refractivity contribution in [2.45, 2.75) is 44.4 Å². The molecular weight excluding hydrogens is 650 g/mol. The molecule has 15 heteroatoms. The van der Waals surface area contributed by atoms with Crippen molar-refractivity contribution in [2.24, 2.45) is 0 Å². The van der Waals surface area contributed by atoms with Crippen molar-refractivity contribution >= 4 is 11.4 Å². The van der Waals surface area contributed by atoms with Crippen molar-refractivity contribution < 1.29 is 28.1 Å². The van der Waals surface area contributed by atoms with Gasteiger partial charge in [-0.2, -0.15) is 10.2 Å². The molecule has 1 N–H and O–H groups in total. The highest BCUT2D eigenvalue weighted by molar-refractivity contribution is 5.54. The van der Waals surface area contributed by atoms with Crippen LogP contribution in [0.3, 0.4) is 0 Å². The van der Waals surface area contributed by atoms with E-state index in [9.17, 15) is 18.7 Å². The van der Waals surface area contributed by atoms with E-state index in [1.54, 1.807) is 13.8 Å². The zero-order valence-corrected chi connectivity index (χ0v) is 27.7. The fourth-order valence-corrected chi connectivity index (χ4v) is 6.25. The summed E-state index contributed by atoms with van der Waals surface area (Å²) in [5, 5.41) is 18.1. The largest absolute Gasteiger partial charge is 0.491 e. The van der Waals surface area contributed by atoms with Gasteiger partial charge in [0.2, 0.25) is 5.79 Å². The minimum atomic E-state index is -1.52. The highest BCUT2D eigenvalue weighted by atomic mass is 19.1. The number of aromatic nitrogens is 6. The number of ether oxygens (including phenoxy) is 3. The molecule has 4 heterocycles. The SMILES string of the molecule is C[C@H](O)[C@H](C)n1ncn(-c2ccc(N3CCN(c4ccc(OC[C@@H]5CO[C@@](Cn6cncn6)(c6ccc(F)cc6F)O5)cc4)CC3)cc2)c1=O. The molecule has 0 radical (unpaired) electrons. The molecule has 3 aromatic carbocycles. The van der Waals surface area contributed by atoms with Crippen LogP contribution in [0.25, 0.3) is 5.69 Å². The van der Waals surface area contributed by atoms with E-state index < -0.39 is 35.7 Å². The van der Waals surface area contributed by atoms with E-state index in [4.69, 9.17) is 14.2 Å². The van der Waals surface area contributed by atoms with Gasteiger partial charge in [-0.3, -0.25) is 0 Å². The number of aliphatic hydroxyl groups is 1. The summed E-state index contributed by atoms with van der Waals surface area (Å²) in [6, 6.07) is 18.5. The summed E-state index contributed by atoms with van der Waals surface area (Å²) < 4.78 is 51.1. The van der Waals surface area contributed by atoms with Crippen LogP contribution in [0.2, 0.25) is 0 Å². The molecule has 13 nitrogen and oxygen atoms in total. The maximum atomic E-state index is 14.9. The first-order valence-corrected chi connectivity index (χ1v) is 16.5. The van der Waals surface area contributed by atoms with Crippen LogP contribution in [0.1, 0.15) is 25.5 Å². The third kappa shape index (κ3) is 6.84. The number of nitrogens with zero attached hydrogens (tertiary/aromatic N) is 8. The van der Waals surface area contributed by atoms with Gasteiger partial charge in [0.25, 0.3) is 0 Å². The van der Waals surface area contributed by atoms with E-state index >= 15 is 0 Å². The van der Waals surface area contributed by atoms with Gasteiger partial charge < -0.3 is 29.1 Å². The lowest BCUT2D eigenvalue weighted by molar-refractivity contribution is -0.192. The maximum absolute atomic E-state index is 14.9. The Morgan fingerprint density at radius 1 is 0.920 bits per heavy atom. The minimum absolute atomic E-state index is 0.0259. The van der Waals surface area contributed by atoms with Crippen LogP contribution in [-0.2, 0) is 21.8 Å². The maximum Gasteiger partial charge on any atom is 0.350 e. The lowest BCUT2D eigenvalue weighted by Crippen LogP contribution is -2.46. The van der Waals surface area contributed by atoms with Gasteiger partial charge in [0.1, 0.15) is 55.6 Å². The molecule has 0 unspecified atom stereocenters. The second-order valence-corrected chi connectivity index (χ2v) is 12.5. The fraction of sp³-hybridized carbons (Fsp3) is 0.371. The third-order valence-electron chi connectivity index (χ3n) is 9.23. The van der Waals surface area contributed by atoms with Crippen LogP contribution >= 0.6 is 0 Å². The van der Waals surface area contributed by atoms with E-state index in [-0.39, 0.29) is 31.0 Å². The molecule has 50 heavy (non-hydrogen) atoms. The first kappa shape index (κ1) is 33.4. The van der Waals surface area contributed by atoms with Crippen LogP contribution in [0.5, 0.6) is 5.75 Å². The predicted molar refractivity (Wildman–Crippen MR) is 179 cm³/mol. The van der Waals surface area contributed by atoms with E-state index in [1.807, 2.05) is 48.5 Å². The van der Waals surface area contributed by atoms with E-state index in [2.05, 4.69) is 25.0 Å². The molecule has 2 aliphatic heterocycles. The highest BCUT2D eigenvalue weighted by Crippen LogP contribution is 2.38. The first-order chi connectivity index (χ1) is 24.2. The Kier molecular flexibility index (Phi) is 9.35. The summed E-state index contributed by atoms with van der Waals surface area (Å²) in [6.45, 7) is 7.02. The number of benzene rings is 3. The van der Waals surface area contributed by atoms with Crippen LogP contribution < -0.4 is 20.2 Å². The summed E-state index contributed by atoms with van der Waals surface area (Å²) in [7, 11) is 0.